The van der Waals surface area contributed by atoms with E-state index in [1.54, 1.807) is 0 Å². The summed E-state index contributed by atoms with van der Waals surface area (Å²) in [5.74, 6) is 0.101. The molecule has 0 spiro atoms. The second-order valence-corrected chi connectivity index (χ2v) is 5.89. The number of hydrogen-bond donors (Lipinski definition) is 1. The lowest BCUT2D eigenvalue weighted by Crippen LogP contribution is -2.54. The van der Waals surface area contributed by atoms with Crippen LogP contribution in [0.5, 0.6) is 0 Å². The summed E-state index contributed by atoms with van der Waals surface area (Å²) in [6.45, 7) is 3.68. The van der Waals surface area contributed by atoms with Crippen LogP contribution >= 0.6 is 0 Å². The van der Waals surface area contributed by atoms with Crippen molar-refractivity contribution in [3.8, 4) is 0 Å². The maximum absolute atomic E-state index is 12.4. The van der Waals surface area contributed by atoms with Crippen LogP contribution in [0.25, 0.3) is 0 Å². The third kappa shape index (κ3) is 3.19. The molecule has 1 heterocycles. The van der Waals surface area contributed by atoms with Gasteiger partial charge in [-0.05, 0) is 24.8 Å². The molecule has 0 aromatic heterocycles. The molecule has 1 aromatic rings. The second kappa shape index (κ2) is 5.94. The van der Waals surface area contributed by atoms with E-state index in [4.69, 9.17) is 5.73 Å². The largest absolute Gasteiger partial charge is 0.339 e. The van der Waals surface area contributed by atoms with Crippen LogP contribution in [0.15, 0.2) is 30.3 Å². The van der Waals surface area contributed by atoms with Crippen molar-refractivity contribution in [3.63, 3.8) is 0 Å². The van der Waals surface area contributed by atoms with E-state index < -0.39 is 6.04 Å². The molecular formula is C16H23N3O. The first kappa shape index (κ1) is 13.6. The lowest BCUT2D eigenvalue weighted by atomic mass is 10.1. The van der Waals surface area contributed by atoms with Crippen molar-refractivity contribution in [2.75, 3.05) is 26.2 Å². The molecule has 2 aliphatic rings. The van der Waals surface area contributed by atoms with Crippen molar-refractivity contribution in [3.05, 3.63) is 35.9 Å². The van der Waals surface area contributed by atoms with Gasteiger partial charge < -0.3 is 10.6 Å². The Bertz CT molecular complexity index is 450. The SMILES string of the molecule is N[C@@H](Cc1ccccc1)C(=O)N1CCN(C2CC2)CC1. The van der Waals surface area contributed by atoms with E-state index in [2.05, 4.69) is 4.90 Å². The van der Waals surface area contributed by atoms with E-state index >= 15 is 0 Å². The van der Waals surface area contributed by atoms with Crippen LogP contribution < -0.4 is 5.73 Å². The average molecular weight is 273 g/mol. The summed E-state index contributed by atoms with van der Waals surface area (Å²) in [5, 5.41) is 0. The first-order valence-corrected chi connectivity index (χ1v) is 7.56. The third-order valence-corrected chi connectivity index (χ3v) is 4.30. The minimum absolute atomic E-state index is 0.101. The molecule has 1 saturated carbocycles. The zero-order valence-electron chi connectivity index (χ0n) is 11.9. The number of carbonyl (C=O) groups excluding carboxylic acids is 1. The zero-order valence-corrected chi connectivity index (χ0v) is 11.9. The van der Waals surface area contributed by atoms with Gasteiger partial charge in [-0.15, -0.1) is 0 Å². The number of piperazine rings is 1. The van der Waals surface area contributed by atoms with Gasteiger partial charge in [0.25, 0.3) is 0 Å². The molecule has 4 heteroatoms. The van der Waals surface area contributed by atoms with E-state index in [0.717, 1.165) is 37.8 Å². The van der Waals surface area contributed by atoms with Crippen molar-refractivity contribution in [1.29, 1.82) is 0 Å². The molecule has 3 rings (SSSR count). The number of carbonyl (C=O) groups is 1. The molecule has 1 aliphatic carbocycles. The van der Waals surface area contributed by atoms with Crippen LogP contribution in [0, 0.1) is 0 Å². The summed E-state index contributed by atoms with van der Waals surface area (Å²) in [5.41, 5.74) is 7.21. The summed E-state index contributed by atoms with van der Waals surface area (Å²) in [6.07, 6.45) is 3.30. The molecule has 2 N–H and O–H groups in total. The number of nitrogens with two attached hydrogens (primary N) is 1. The van der Waals surface area contributed by atoms with Crippen molar-refractivity contribution in [2.45, 2.75) is 31.3 Å². The normalized spacial score (nSPS) is 21.8. The first-order chi connectivity index (χ1) is 9.74. The van der Waals surface area contributed by atoms with E-state index in [1.807, 2.05) is 35.2 Å². The number of rotatable bonds is 4. The smallest absolute Gasteiger partial charge is 0.239 e. The zero-order chi connectivity index (χ0) is 13.9. The van der Waals surface area contributed by atoms with Crippen LogP contribution in [-0.4, -0.2) is 54.0 Å². The summed E-state index contributed by atoms with van der Waals surface area (Å²) < 4.78 is 0. The van der Waals surface area contributed by atoms with Gasteiger partial charge in [-0.3, -0.25) is 9.69 Å². The standard InChI is InChI=1S/C16H23N3O/c17-15(12-13-4-2-1-3-5-13)16(20)19-10-8-18(9-11-19)14-6-7-14/h1-5,14-15H,6-12,17H2/t15-/m0/s1. The Hall–Kier alpha value is -1.39. The third-order valence-electron chi connectivity index (χ3n) is 4.30. The molecule has 0 bridgehead atoms. The fourth-order valence-electron chi connectivity index (χ4n) is 2.94. The Morgan fingerprint density at radius 1 is 1.15 bits per heavy atom. The molecule has 0 radical (unpaired) electrons. The Labute approximate surface area is 120 Å². The fraction of sp³-hybridized carbons (Fsp3) is 0.562. The lowest BCUT2D eigenvalue weighted by molar-refractivity contribution is -0.134. The van der Waals surface area contributed by atoms with Gasteiger partial charge in [0.05, 0.1) is 6.04 Å². The van der Waals surface area contributed by atoms with Gasteiger partial charge in [0.15, 0.2) is 0 Å². The van der Waals surface area contributed by atoms with Gasteiger partial charge in [-0.25, -0.2) is 0 Å². The van der Waals surface area contributed by atoms with Crippen molar-refractivity contribution < 1.29 is 4.79 Å². The van der Waals surface area contributed by atoms with Crippen molar-refractivity contribution in [2.24, 2.45) is 5.73 Å². The lowest BCUT2D eigenvalue weighted by Gasteiger charge is -2.36. The highest BCUT2D eigenvalue weighted by Crippen LogP contribution is 2.27. The molecule has 0 unspecified atom stereocenters. The molecule has 1 saturated heterocycles. The predicted octanol–water partition coefficient (Wildman–Crippen LogP) is 0.863. The Morgan fingerprint density at radius 2 is 1.80 bits per heavy atom. The van der Waals surface area contributed by atoms with Gasteiger partial charge in [0.2, 0.25) is 5.91 Å². The highest BCUT2D eigenvalue weighted by Gasteiger charge is 2.33. The van der Waals surface area contributed by atoms with E-state index in [0.29, 0.717) is 6.42 Å². The number of amides is 1. The molecule has 1 aliphatic heterocycles. The topological polar surface area (TPSA) is 49.6 Å². The Balaban J connectivity index is 1.50. The molecule has 2 fully saturated rings. The number of hydrogen-bond acceptors (Lipinski definition) is 3. The number of nitrogens with zero attached hydrogens (tertiary/aromatic N) is 2. The van der Waals surface area contributed by atoms with Gasteiger partial charge in [0, 0.05) is 32.2 Å². The number of benzene rings is 1. The minimum atomic E-state index is -0.412. The molecule has 108 valence electrons. The van der Waals surface area contributed by atoms with Gasteiger partial charge in [-0.1, -0.05) is 30.3 Å². The maximum Gasteiger partial charge on any atom is 0.239 e. The predicted molar refractivity (Wildman–Crippen MR) is 79.3 cm³/mol. The summed E-state index contributed by atoms with van der Waals surface area (Å²) in [4.78, 5) is 16.8. The van der Waals surface area contributed by atoms with Crippen LogP contribution in [0.2, 0.25) is 0 Å². The summed E-state index contributed by atoms with van der Waals surface area (Å²) in [6, 6.07) is 10.4. The molecule has 4 nitrogen and oxygen atoms in total. The van der Waals surface area contributed by atoms with Gasteiger partial charge >= 0.3 is 0 Å². The summed E-state index contributed by atoms with van der Waals surface area (Å²) in [7, 11) is 0. The molecule has 1 amide bonds. The van der Waals surface area contributed by atoms with E-state index in [-0.39, 0.29) is 5.91 Å². The van der Waals surface area contributed by atoms with Crippen LogP contribution in [-0.2, 0) is 11.2 Å². The molecular weight excluding hydrogens is 250 g/mol. The van der Waals surface area contributed by atoms with Crippen molar-refractivity contribution >= 4 is 5.91 Å². The fourth-order valence-corrected chi connectivity index (χ4v) is 2.94. The Kier molecular flexibility index (Phi) is 4.03. The second-order valence-electron chi connectivity index (χ2n) is 5.89. The highest BCUT2D eigenvalue weighted by molar-refractivity contribution is 5.82. The molecule has 20 heavy (non-hydrogen) atoms. The monoisotopic (exact) mass is 273 g/mol. The average Bonchev–Trinajstić information content (AvgIpc) is 3.32. The Morgan fingerprint density at radius 3 is 2.40 bits per heavy atom. The molecule has 1 atom stereocenters. The first-order valence-electron chi connectivity index (χ1n) is 7.56. The van der Waals surface area contributed by atoms with Crippen molar-refractivity contribution in [1.82, 2.24) is 9.80 Å². The minimum Gasteiger partial charge on any atom is -0.339 e. The van der Waals surface area contributed by atoms with Crippen LogP contribution in [0.4, 0.5) is 0 Å². The maximum atomic E-state index is 12.4. The summed E-state index contributed by atoms with van der Waals surface area (Å²) >= 11 is 0. The highest BCUT2D eigenvalue weighted by atomic mass is 16.2. The van der Waals surface area contributed by atoms with Gasteiger partial charge in [-0.2, -0.15) is 0 Å². The van der Waals surface area contributed by atoms with E-state index in [1.165, 1.54) is 12.8 Å². The van der Waals surface area contributed by atoms with E-state index in [9.17, 15) is 4.79 Å². The van der Waals surface area contributed by atoms with Crippen LogP contribution in [0.1, 0.15) is 18.4 Å². The van der Waals surface area contributed by atoms with Gasteiger partial charge in [0.1, 0.15) is 0 Å². The molecule has 1 aromatic carbocycles. The quantitative estimate of drug-likeness (QED) is 0.885. The van der Waals surface area contributed by atoms with Crippen LogP contribution in [0.3, 0.4) is 0 Å².